The van der Waals surface area contributed by atoms with Crippen molar-refractivity contribution in [3.8, 4) is 0 Å². The number of piperazine rings is 1. The highest BCUT2D eigenvalue weighted by Crippen LogP contribution is 2.22. The number of hydrogen-bond donors (Lipinski definition) is 2. The number of nitrogens with zero attached hydrogens (tertiary/aromatic N) is 5. The summed E-state index contributed by atoms with van der Waals surface area (Å²) in [5.41, 5.74) is 0. The average molecular weight is 404 g/mol. The van der Waals surface area contributed by atoms with Crippen molar-refractivity contribution in [1.82, 2.24) is 25.4 Å². The number of rotatable bonds is 5. The highest BCUT2D eigenvalue weighted by molar-refractivity contribution is 7.15. The van der Waals surface area contributed by atoms with E-state index in [2.05, 4.69) is 30.7 Å². The van der Waals surface area contributed by atoms with Gasteiger partial charge >= 0.3 is 6.03 Å². The van der Waals surface area contributed by atoms with Crippen LogP contribution in [0.3, 0.4) is 0 Å². The predicted octanol–water partition coefficient (Wildman–Crippen LogP) is 1.92. The van der Waals surface area contributed by atoms with Crippen LogP contribution < -0.4 is 15.5 Å². The average Bonchev–Trinajstić information content (AvgIpc) is 3.17. The highest BCUT2D eigenvalue weighted by atomic mass is 32.1. The summed E-state index contributed by atoms with van der Waals surface area (Å²) in [6.07, 6.45) is 1.76. The van der Waals surface area contributed by atoms with E-state index in [-0.39, 0.29) is 17.9 Å². The van der Waals surface area contributed by atoms with Crippen molar-refractivity contribution in [1.29, 1.82) is 0 Å². The molecule has 150 valence electrons. The van der Waals surface area contributed by atoms with Gasteiger partial charge < -0.3 is 15.1 Å². The Hall–Kier alpha value is -2.75. The molecule has 1 fully saturated rings. The van der Waals surface area contributed by atoms with Crippen LogP contribution >= 0.6 is 11.3 Å². The zero-order valence-electron chi connectivity index (χ0n) is 16.3. The summed E-state index contributed by atoms with van der Waals surface area (Å²) in [5, 5.41) is 14.8. The number of anilines is 2. The van der Waals surface area contributed by atoms with Crippen LogP contribution in [0.2, 0.25) is 0 Å². The van der Waals surface area contributed by atoms with E-state index in [4.69, 9.17) is 0 Å². The molecule has 1 aliphatic rings. The van der Waals surface area contributed by atoms with Gasteiger partial charge in [0.1, 0.15) is 16.9 Å². The summed E-state index contributed by atoms with van der Waals surface area (Å²) in [5.74, 6) is 0.852. The minimum absolute atomic E-state index is 0.247. The van der Waals surface area contributed by atoms with Crippen molar-refractivity contribution in [2.24, 2.45) is 0 Å². The first-order valence-electron chi connectivity index (χ1n) is 9.29. The lowest BCUT2D eigenvalue weighted by Gasteiger charge is -2.35. The first kappa shape index (κ1) is 20.0. The van der Waals surface area contributed by atoms with Gasteiger partial charge in [-0.05, 0) is 19.1 Å². The van der Waals surface area contributed by atoms with Gasteiger partial charge in [-0.3, -0.25) is 10.1 Å². The fraction of sp³-hybridized carbons (Fsp3) is 0.500. The third-order valence-corrected chi connectivity index (χ3v) is 5.58. The molecule has 0 aliphatic carbocycles. The normalized spacial score (nSPS) is 15.4. The largest absolute Gasteiger partial charge is 0.353 e. The number of urea groups is 1. The molecule has 2 aromatic rings. The topological polar surface area (TPSA) is 103 Å². The van der Waals surface area contributed by atoms with Crippen LogP contribution in [-0.4, -0.2) is 64.2 Å². The molecule has 28 heavy (non-hydrogen) atoms. The van der Waals surface area contributed by atoms with Crippen LogP contribution in [0.5, 0.6) is 0 Å². The van der Waals surface area contributed by atoms with Crippen LogP contribution in [0.15, 0.2) is 24.4 Å². The van der Waals surface area contributed by atoms with Crippen molar-refractivity contribution in [2.75, 3.05) is 36.4 Å². The molecular weight excluding hydrogens is 378 g/mol. The van der Waals surface area contributed by atoms with Crippen molar-refractivity contribution < 1.29 is 9.59 Å². The molecule has 2 aromatic heterocycles. The van der Waals surface area contributed by atoms with Crippen molar-refractivity contribution in [2.45, 2.75) is 32.7 Å². The first-order chi connectivity index (χ1) is 13.4. The van der Waals surface area contributed by atoms with Gasteiger partial charge in [-0.1, -0.05) is 31.3 Å². The number of pyridine rings is 1. The lowest BCUT2D eigenvalue weighted by molar-refractivity contribution is -0.117. The molecule has 9 nitrogen and oxygen atoms in total. The molecule has 3 rings (SSSR count). The number of aromatic nitrogens is 3. The van der Waals surface area contributed by atoms with Crippen LogP contribution in [0.25, 0.3) is 0 Å². The van der Waals surface area contributed by atoms with Gasteiger partial charge in [-0.2, -0.15) is 0 Å². The lowest BCUT2D eigenvalue weighted by atomic mass is 10.2. The first-order valence-corrected chi connectivity index (χ1v) is 10.1. The minimum Gasteiger partial charge on any atom is -0.353 e. The summed E-state index contributed by atoms with van der Waals surface area (Å²) >= 11 is 1.34. The Labute approximate surface area is 168 Å². The van der Waals surface area contributed by atoms with E-state index in [1.807, 2.05) is 32.0 Å². The Morgan fingerprint density at radius 3 is 2.46 bits per heavy atom. The smallest absolute Gasteiger partial charge is 0.318 e. The van der Waals surface area contributed by atoms with E-state index in [0.29, 0.717) is 31.3 Å². The van der Waals surface area contributed by atoms with Crippen LogP contribution in [0.4, 0.5) is 15.7 Å². The maximum Gasteiger partial charge on any atom is 0.318 e. The van der Waals surface area contributed by atoms with E-state index >= 15 is 0 Å². The zero-order valence-corrected chi connectivity index (χ0v) is 17.1. The van der Waals surface area contributed by atoms with E-state index in [9.17, 15) is 9.59 Å². The van der Waals surface area contributed by atoms with Gasteiger partial charge in [-0.15, -0.1) is 10.2 Å². The van der Waals surface area contributed by atoms with Gasteiger partial charge in [0.25, 0.3) is 0 Å². The van der Waals surface area contributed by atoms with Crippen molar-refractivity contribution in [3.63, 3.8) is 0 Å². The second-order valence-electron chi connectivity index (χ2n) is 6.92. The number of nitrogens with one attached hydrogen (secondary N) is 2. The third-order valence-electron chi connectivity index (χ3n) is 4.44. The van der Waals surface area contributed by atoms with Gasteiger partial charge in [0.15, 0.2) is 0 Å². The van der Waals surface area contributed by atoms with E-state index < -0.39 is 6.04 Å². The second kappa shape index (κ2) is 8.96. The van der Waals surface area contributed by atoms with Crippen LogP contribution in [-0.2, 0) is 4.79 Å². The van der Waals surface area contributed by atoms with Gasteiger partial charge in [-0.25, -0.2) is 9.78 Å². The number of carbonyl (C=O) groups is 2. The fourth-order valence-corrected chi connectivity index (χ4v) is 3.50. The molecule has 1 saturated heterocycles. The Morgan fingerprint density at radius 2 is 1.86 bits per heavy atom. The Kier molecular flexibility index (Phi) is 6.40. The van der Waals surface area contributed by atoms with E-state index in [1.165, 1.54) is 11.3 Å². The summed E-state index contributed by atoms with van der Waals surface area (Å²) in [6, 6.07) is 4.87. The Balaban J connectivity index is 1.46. The standard InChI is InChI=1S/C18H25N7O2S/c1-12(2)16-22-23-17(28-16)21-15(26)13(3)20-18(27)25-10-8-24(9-11-25)14-6-4-5-7-19-14/h4-7,12-13H,8-11H2,1-3H3,(H,20,27)(H,21,23,26). The highest BCUT2D eigenvalue weighted by Gasteiger charge is 2.25. The maximum atomic E-state index is 12.5. The zero-order chi connectivity index (χ0) is 20.1. The molecule has 0 radical (unpaired) electrons. The van der Waals surface area contributed by atoms with Gasteiger partial charge in [0.05, 0.1) is 0 Å². The Morgan fingerprint density at radius 1 is 1.11 bits per heavy atom. The molecule has 10 heteroatoms. The minimum atomic E-state index is -0.673. The SMILES string of the molecule is CC(NC(=O)N1CCN(c2ccccn2)CC1)C(=O)Nc1nnc(C(C)C)s1. The molecule has 3 amide bonds. The number of carbonyl (C=O) groups excluding carboxylic acids is 2. The van der Waals surface area contributed by atoms with Crippen molar-refractivity contribution in [3.05, 3.63) is 29.4 Å². The number of hydrogen-bond acceptors (Lipinski definition) is 7. The molecule has 1 aliphatic heterocycles. The molecule has 0 aromatic carbocycles. The summed E-state index contributed by atoms with van der Waals surface area (Å²) < 4.78 is 0. The molecule has 0 spiro atoms. The quantitative estimate of drug-likeness (QED) is 0.791. The molecule has 1 unspecified atom stereocenters. The van der Waals surface area contributed by atoms with Gasteiger partial charge in [0, 0.05) is 38.3 Å². The molecule has 1 atom stereocenters. The number of amides is 3. The van der Waals surface area contributed by atoms with Gasteiger partial charge in [0.2, 0.25) is 11.0 Å². The fourth-order valence-electron chi connectivity index (χ4n) is 2.75. The molecular formula is C18H25N7O2S. The molecule has 2 N–H and O–H groups in total. The van der Waals surface area contributed by atoms with Crippen LogP contribution in [0.1, 0.15) is 31.7 Å². The molecule has 3 heterocycles. The monoisotopic (exact) mass is 403 g/mol. The maximum absolute atomic E-state index is 12.5. The van der Waals surface area contributed by atoms with Crippen LogP contribution in [0, 0.1) is 0 Å². The lowest BCUT2D eigenvalue weighted by Crippen LogP contribution is -2.54. The molecule has 0 saturated carbocycles. The predicted molar refractivity (Wildman–Crippen MR) is 109 cm³/mol. The van der Waals surface area contributed by atoms with E-state index in [0.717, 1.165) is 10.8 Å². The van der Waals surface area contributed by atoms with E-state index in [1.54, 1.807) is 18.0 Å². The van der Waals surface area contributed by atoms with Crippen molar-refractivity contribution >= 4 is 34.2 Å². The molecule has 0 bridgehead atoms. The third kappa shape index (κ3) is 4.94. The summed E-state index contributed by atoms with van der Waals surface area (Å²) in [4.78, 5) is 33.0. The summed E-state index contributed by atoms with van der Waals surface area (Å²) in [6.45, 7) is 8.24. The second-order valence-corrected chi connectivity index (χ2v) is 7.93. The Bertz CT molecular complexity index is 803. The summed E-state index contributed by atoms with van der Waals surface area (Å²) in [7, 11) is 0.